The molecule has 1 aliphatic heterocycles. The van der Waals surface area contributed by atoms with Gasteiger partial charge in [-0.3, -0.25) is 4.79 Å². The zero-order valence-electron chi connectivity index (χ0n) is 26.2. The summed E-state index contributed by atoms with van der Waals surface area (Å²) in [5, 5.41) is 5.83. The molecular weight excluding hydrogens is 587 g/mol. The van der Waals surface area contributed by atoms with E-state index in [4.69, 9.17) is 23.6 Å². The molecule has 1 aromatic heterocycles. The summed E-state index contributed by atoms with van der Waals surface area (Å²) >= 11 is 1.69. The largest absolute Gasteiger partial charge is 0.466 e. The predicted molar refractivity (Wildman–Crippen MR) is 179 cm³/mol. The van der Waals surface area contributed by atoms with E-state index in [-0.39, 0.29) is 23.7 Å². The van der Waals surface area contributed by atoms with Crippen LogP contribution in [0.15, 0.2) is 84.2 Å². The highest BCUT2D eigenvalue weighted by Gasteiger charge is 2.49. The average molecular weight is 630 g/mol. The van der Waals surface area contributed by atoms with Crippen molar-refractivity contribution in [2.24, 2.45) is 0 Å². The molecule has 232 valence electrons. The first kappa shape index (κ1) is 31.9. The van der Waals surface area contributed by atoms with Crippen LogP contribution >= 0.6 is 11.3 Å². The van der Waals surface area contributed by atoms with Gasteiger partial charge in [0.05, 0.1) is 23.7 Å². The molecule has 0 radical (unpaired) electrons. The van der Waals surface area contributed by atoms with Crippen molar-refractivity contribution in [1.29, 1.82) is 0 Å². The van der Waals surface area contributed by atoms with E-state index in [0.29, 0.717) is 26.1 Å². The second kappa shape index (κ2) is 14.5. The molecular formula is C36H43NO5SSi. The molecule has 0 aliphatic carbocycles. The minimum Gasteiger partial charge on any atom is -0.466 e. The Morgan fingerprint density at radius 3 is 2.30 bits per heavy atom. The van der Waals surface area contributed by atoms with Gasteiger partial charge in [-0.15, -0.1) is 11.3 Å². The summed E-state index contributed by atoms with van der Waals surface area (Å²) < 4.78 is 23.4. The van der Waals surface area contributed by atoms with Gasteiger partial charge in [-0.05, 0) is 65.7 Å². The summed E-state index contributed by atoms with van der Waals surface area (Å²) in [5.74, 6) is 1.19. The first-order valence-electron chi connectivity index (χ1n) is 15.5. The Bertz CT molecular complexity index is 1460. The number of hydrogen-bond acceptors (Lipinski definition) is 7. The number of esters is 1. The number of carbonyl (C=O) groups is 1. The Morgan fingerprint density at radius 1 is 0.955 bits per heavy atom. The molecule has 2 heterocycles. The van der Waals surface area contributed by atoms with Gasteiger partial charge in [0.1, 0.15) is 0 Å². The number of fused-ring (bicyclic) bond motifs is 1. The standard InChI is InChI=1S/C36H43NO5SSi/c1-5-39-35(38)24-28(27-19-20-32-33(23-27)41-26-40-32)22-29-25-43-34(37-29)18-12-13-21-42-44(36(2,3)4,30-14-8-6-9-15-30)31-16-10-7-11-17-31/h6-11,14-17,19-20,23,25,28H,5,12-13,18,21-22,24,26H2,1-4H3. The fourth-order valence-corrected chi connectivity index (χ4v) is 11.5. The molecule has 0 spiro atoms. The minimum absolute atomic E-state index is 0.0298. The molecule has 1 aliphatic rings. The van der Waals surface area contributed by atoms with Crippen LogP contribution in [0.2, 0.25) is 5.04 Å². The van der Waals surface area contributed by atoms with Gasteiger partial charge in [-0.1, -0.05) is 87.5 Å². The number of hydrogen-bond donors (Lipinski definition) is 0. The van der Waals surface area contributed by atoms with Crippen molar-refractivity contribution < 1.29 is 23.4 Å². The lowest BCUT2D eigenvalue weighted by Crippen LogP contribution is -2.66. The Balaban J connectivity index is 1.22. The van der Waals surface area contributed by atoms with Crippen LogP contribution in [0, 0.1) is 0 Å². The van der Waals surface area contributed by atoms with E-state index in [1.165, 1.54) is 10.4 Å². The lowest BCUT2D eigenvalue weighted by Gasteiger charge is -2.43. The van der Waals surface area contributed by atoms with Gasteiger partial charge in [0.25, 0.3) is 8.32 Å². The Hall–Kier alpha value is -3.46. The number of rotatable bonds is 14. The van der Waals surface area contributed by atoms with Gasteiger partial charge in [-0.2, -0.15) is 0 Å². The van der Waals surface area contributed by atoms with Gasteiger partial charge < -0.3 is 18.6 Å². The highest BCUT2D eigenvalue weighted by Crippen LogP contribution is 2.38. The van der Waals surface area contributed by atoms with Crippen LogP contribution in [0.4, 0.5) is 0 Å². The van der Waals surface area contributed by atoms with Gasteiger partial charge in [0, 0.05) is 17.9 Å². The van der Waals surface area contributed by atoms with Crippen LogP contribution in [-0.4, -0.2) is 39.3 Å². The third kappa shape index (κ3) is 7.42. The predicted octanol–water partition coefficient (Wildman–Crippen LogP) is 7.05. The molecule has 3 aromatic carbocycles. The second-order valence-electron chi connectivity index (χ2n) is 12.2. The SMILES string of the molecule is CCOC(=O)CC(Cc1csc(CCCCO[Si](c2ccccc2)(c2ccccc2)C(C)(C)C)n1)c1ccc2c(c1)OCO2. The molecule has 1 atom stereocenters. The van der Waals surface area contributed by atoms with Crippen molar-refractivity contribution in [2.45, 2.75) is 70.8 Å². The van der Waals surface area contributed by atoms with Crippen LogP contribution in [0.3, 0.4) is 0 Å². The van der Waals surface area contributed by atoms with E-state index in [2.05, 4.69) is 86.8 Å². The highest BCUT2D eigenvalue weighted by atomic mass is 32.1. The summed E-state index contributed by atoms with van der Waals surface area (Å²) in [6.07, 6.45) is 3.81. The molecule has 1 unspecified atom stereocenters. The van der Waals surface area contributed by atoms with E-state index in [0.717, 1.165) is 47.0 Å². The summed E-state index contributed by atoms with van der Waals surface area (Å²) in [6, 6.07) is 27.5. The quantitative estimate of drug-likeness (QED) is 0.0846. The normalized spacial score (nSPS) is 13.5. The minimum atomic E-state index is -2.52. The third-order valence-electron chi connectivity index (χ3n) is 8.16. The van der Waals surface area contributed by atoms with Crippen LogP contribution in [0.5, 0.6) is 11.5 Å². The zero-order valence-corrected chi connectivity index (χ0v) is 28.0. The molecule has 0 bridgehead atoms. The summed E-state index contributed by atoms with van der Waals surface area (Å²) in [4.78, 5) is 17.4. The van der Waals surface area contributed by atoms with E-state index in [1.807, 2.05) is 25.1 Å². The van der Waals surface area contributed by atoms with Gasteiger partial charge in [0.15, 0.2) is 11.5 Å². The average Bonchev–Trinajstić information content (AvgIpc) is 3.68. The number of unbranched alkanes of at least 4 members (excludes halogenated alkanes) is 1. The monoisotopic (exact) mass is 629 g/mol. The summed E-state index contributed by atoms with van der Waals surface area (Å²) in [7, 11) is -2.52. The molecule has 4 aromatic rings. The first-order valence-corrected chi connectivity index (χ1v) is 18.3. The van der Waals surface area contributed by atoms with Gasteiger partial charge >= 0.3 is 5.97 Å². The number of carbonyl (C=O) groups excluding carboxylic acids is 1. The van der Waals surface area contributed by atoms with E-state index < -0.39 is 8.32 Å². The van der Waals surface area contributed by atoms with Crippen molar-refractivity contribution in [3.63, 3.8) is 0 Å². The van der Waals surface area contributed by atoms with E-state index >= 15 is 0 Å². The Kier molecular flexibility index (Phi) is 10.6. The maximum absolute atomic E-state index is 12.5. The van der Waals surface area contributed by atoms with Gasteiger partial charge in [0.2, 0.25) is 6.79 Å². The van der Waals surface area contributed by atoms with Crippen molar-refractivity contribution in [1.82, 2.24) is 4.98 Å². The number of thiazole rings is 1. The third-order valence-corrected chi connectivity index (χ3v) is 14.2. The van der Waals surface area contributed by atoms with Crippen LogP contribution in [0.25, 0.3) is 0 Å². The molecule has 44 heavy (non-hydrogen) atoms. The zero-order chi connectivity index (χ0) is 31.0. The van der Waals surface area contributed by atoms with Crippen LogP contribution in [0.1, 0.15) is 69.1 Å². The lowest BCUT2D eigenvalue weighted by molar-refractivity contribution is -0.143. The van der Waals surface area contributed by atoms with E-state index in [9.17, 15) is 4.79 Å². The van der Waals surface area contributed by atoms with Crippen LogP contribution in [-0.2, 0) is 26.8 Å². The fourth-order valence-electron chi connectivity index (χ4n) is 6.07. The molecule has 0 saturated carbocycles. The second-order valence-corrected chi connectivity index (χ2v) is 17.5. The van der Waals surface area contributed by atoms with E-state index in [1.54, 1.807) is 11.3 Å². The fraction of sp³-hybridized carbons (Fsp3) is 0.389. The smallest absolute Gasteiger partial charge is 0.306 e. The Morgan fingerprint density at radius 2 is 1.64 bits per heavy atom. The van der Waals surface area contributed by atoms with Crippen molar-refractivity contribution in [3.05, 3.63) is 101 Å². The number of aromatic nitrogens is 1. The molecule has 0 fully saturated rings. The van der Waals surface area contributed by atoms with Crippen molar-refractivity contribution in [3.8, 4) is 11.5 Å². The number of benzene rings is 3. The molecule has 0 amide bonds. The number of ether oxygens (including phenoxy) is 3. The van der Waals surface area contributed by atoms with Crippen molar-refractivity contribution >= 4 is 36.0 Å². The lowest BCUT2D eigenvalue weighted by atomic mass is 9.91. The maximum Gasteiger partial charge on any atom is 0.306 e. The first-order chi connectivity index (χ1) is 21.3. The molecule has 0 N–H and O–H groups in total. The number of nitrogens with zero attached hydrogens (tertiary/aromatic N) is 1. The number of aryl methyl sites for hydroxylation is 1. The Labute approximate surface area is 266 Å². The molecule has 8 heteroatoms. The summed E-state index contributed by atoms with van der Waals surface area (Å²) in [5.41, 5.74) is 2.03. The molecule has 6 nitrogen and oxygen atoms in total. The molecule has 5 rings (SSSR count). The maximum atomic E-state index is 12.5. The summed E-state index contributed by atoms with van der Waals surface area (Å²) in [6.45, 7) is 10.1. The topological polar surface area (TPSA) is 66.9 Å². The highest BCUT2D eigenvalue weighted by molar-refractivity contribution is 7.09. The molecule has 0 saturated heterocycles. The van der Waals surface area contributed by atoms with Gasteiger partial charge in [-0.25, -0.2) is 4.98 Å². The van der Waals surface area contributed by atoms with Crippen LogP contribution < -0.4 is 19.8 Å². The van der Waals surface area contributed by atoms with Crippen molar-refractivity contribution in [2.75, 3.05) is 20.0 Å².